The molecule has 96 valence electrons. The Morgan fingerprint density at radius 1 is 1.17 bits per heavy atom. The maximum atomic E-state index is 12.0. The van der Waals surface area contributed by atoms with Crippen molar-refractivity contribution in [2.45, 2.75) is 10.8 Å². The van der Waals surface area contributed by atoms with Gasteiger partial charge in [0.25, 0.3) is 10.0 Å². The van der Waals surface area contributed by atoms with Crippen LogP contribution in [0.2, 0.25) is 0 Å². The summed E-state index contributed by atoms with van der Waals surface area (Å²) in [5, 5.41) is 8.90. The molecule has 2 aromatic rings. The van der Waals surface area contributed by atoms with Crippen LogP contribution in [0, 0.1) is 0 Å². The van der Waals surface area contributed by atoms with Crippen LogP contribution in [0.25, 0.3) is 0 Å². The molecule has 0 spiro atoms. The van der Waals surface area contributed by atoms with E-state index in [0.29, 0.717) is 5.69 Å². The summed E-state index contributed by atoms with van der Waals surface area (Å²) in [7, 11) is -3.54. The maximum Gasteiger partial charge on any atom is 0.271 e. The molecule has 18 heavy (non-hydrogen) atoms. The van der Waals surface area contributed by atoms with Gasteiger partial charge in [-0.3, -0.25) is 4.72 Å². The third-order valence-electron chi connectivity index (χ3n) is 2.20. The third-order valence-corrected chi connectivity index (χ3v) is 5.70. The van der Waals surface area contributed by atoms with E-state index in [9.17, 15) is 8.42 Å². The second-order valence-electron chi connectivity index (χ2n) is 3.52. The highest BCUT2D eigenvalue weighted by Gasteiger charge is 2.16. The Labute approximate surface area is 117 Å². The number of anilines is 1. The third kappa shape index (κ3) is 3.11. The molecule has 1 aromatic carbocycles. The molecule has 0 aliphatic carbocycles. The van der Waals surface area contributed by atoms with Gasteiger partial charge in [-0.15, -0.1) is 11.3 Å². The number of hydrogen-bond donors (Lipinski definition) is 2. The van der Waals surface area contributed by atoms with E-state index in [1.165, 1.54) is 0 Å². The monoisotopic (exact) mass is 347 g/mol. The van der Waals surface area contributed by atoms with Crippen molar-refractivity contribution < 1.29 is 13.5 Å². The van der Waals surface area contributed by atoms with E-state index >= 15 is 0 Å². The second-order valence-corrected chi connectivity index (χ2v) is 7.89. The van der Waals surface area contributed by atoms with E-state index in [1.807, 2.05) is 0 Å². The predicted molar refractivity (Wildman–Crippen MR) is 75.2 cm³/mol. The molecule has 0 atom stereocenters. The lowest BCUT2D eigenvalue weighted by atomic mass is 10.2. The molecule has 2 N–H and O–H groups in total. The summed E-state index contributed by atoms with van der Waals surface area (Å²) in [6, 6.07) is 9.80. The number of aliphatic hydroxyl groups is 1. The molecule has 0 amide bonds. The van der Waals surface area contributed by atoms with Gasteiger partial charge in [0.1, 0.15) is 4.21 Å². The zero-order valence-corrected chi connectivity index (χ0v) is 12.3. The van der Waals surface area contributed by atoms with E-state index in [4.69, 9.17) is 5.11 Å². The summed E-state index contributed by atoms with van der Waals surface area (Å²) < 4.78 is 27.5. The number of rotatable bonds is 4. The lowest BCUT2D eigenvalue weighted by Gasteiger charge is -2.06. The SMILES string of the molecule is O=S(=O)(Nc1ccc(CO)cc1)c1ccc(Br)s1. The number of nitrogens with one attached hydrogen (secondary N) is 1. The lowest BCUT2D eigenvalue weighted by molar-refractivity contribution is 0.282. The van der Waals surface area contributed by atoms with Gasteiger partial charge in [0.15, 0.2) is 0 Å². The minimum absolute atomic E-state index is 0.0646. The Morgan fingerprint density at radius 3 is 2.33 bits per heavy atom. The molecular formula is C11H10BrNO3S2. The van der Waals surface area contributed by atoms with Gasteiger partial charge in [0, 0.05) is 5.69 Å². The molecule has 0 bridgehead atoms. The van der Waals surface area contributed by atoms with E-state index in [0.717, 1.165) is 20.7 Å². The first-order valence-electron chi connectivity index (χ1n) is 4.99. The summed E-state index contributed by atoms with van der Waals surface area (Å²) in [5.41, 5.74) is 1.20. The van der Waals surface area contributed by atoms with Gasteiger partial charge in [-0.05, 0) is 45.8 Å². The van der Waals surface area contributed by atoms with E-state index in [2.05, 4.69) is 20.7 Å². The van der Waals surface area contributed by atoms with Crippen molar-refractivity contribution in [3.05, 3.63) is 45.7 Å². The van der Waals surface area contributed by atoms with E-state index < -0.39 is 10.0 Å². The maximum absolute atomic E-state index is 12.0. The van der Waals surface area contributed by atoms with E-state index in [-0.39, 0.29) is 10.8 Å². The summed E-state index contributed by atoms with van der Waals surface area (Å²) in [4.78, 5) is 0. The Bertz CT molecular complexity index is 635. The van der Waals surface area contributed by atoms with Crippen LogP contribution >= 0.6 is 27.3 Å². The van der Waals surface area contributed by atoms with Crippen LogP contribution in [-0.4, -0.2) is 13.5 Å². The average molecular weight is 348 g/mol. The first kappa shape index (κ1) is 13.5. The van der Waals surface area contributed by atoms with Gasteiger partial charge in [-0.2, -0.15) is 0 Å². The lowest BCUT2D eigenvalue weighted by Crippen LogP contribution is -2.11. The van der Waals surface area contributed by atoms with Crippen molar-refractivity contribution in [1.29, 1.82) is 0 Å². The minimum Gasteiger partial charge on any atom is -0.392 e. The fourth-order valence-corrected chi connectivity index (χ4v) is 4.39. The Hall–Kier alpha value is -0.890. The van der Waals surface area contributed by atoms with Crippen LogP contribution in [0.1, 0.15) is 5.56 Å². The Kier molecular flexibility index (Phi) is 4.06. The molecule has 0 fully saturated rings. The minimum atomic E-state index is -3.54. The van der Waals surface area contributed by atoms with Gasteiger partial charge in [0.2, 0.25) is 0 Å². The van der Waals surface area contributed by atoms with Crippen LogP contribution in [0.3, 0.4) is 0 Å². The highest BCUT2D eigenvalue weighted by Crippen LogP contribution is 2.27. The van der Waals surface area contributed by atoms with Gasteiger partial charge in [0.05, 0.1) is 10.4 Å². The van der Waals surface area contributed by atoms with Crippen molar-refractivity contribution in [2.24, 2.45) is 0 Å². The van der Waals surface area contributed by atoms with E-state index in [1.54, 1.807) is 36.4 Å². The number of halogens is 1. The number of aliphatic hydroxyl groups excluding tert-OH is 1. The molecule has 1 aromatic heterocycles. The fourth-order valence-electron chi connectivity index (χ4n) is 1.33. The standard InChI is InChI=1S/C11H10BrNO3S2/c12-10-5-6-11(17-10)18(15,16)13-9-3-1-8(7-14)2-4-9/h1-6,13-14H,7H2. The van der Waals surface area contributed by atoms with Crippen molar-refractivity contribution in [1.82, 2.24) is 0 Å². The molecular weight excluding hydrogens is 338 g/mol. The van der Waals surface area contributed by atoms with Crippen LogP contribution in [0.5, 0.6) is 0 Å². The van der Waals surface area contributed by atoms with Crippen molar-refractivity contribution in [3.8, 4) is 0 Å². The van der Waals surface area contributed by atoms with Gasteiger partial charge >= 0.3 is 0 Å². The molecule has 0 radical (unpaired) electrons. The van der Waals surface area contributed by atoms with Crippen LogP contribution < -0.4 is 4.72 Å². The first-order chi connectivity index (χ1) is 8.51. The summed E-state index contributed by atoms with van der Waals surface area (Å²) in [6.45, 7) is -0.0646. The van der Waals surface area contributed by atoms with Crippen LogP contribution in [0.4, 0.5) is 5.69 Å². The largest absolute Gasteiger partial charge is 0.392 e. The second kappa shape index (κ2) is 5.40. The number of hydrogen-bond acceptors (Lipinski definition) is 4. The fraction of sp³-hybridized carbons (Fsp3) is 0.0909. The van der Waals surface area contributed by atoms with Crippen molar-refractivity contribution in [2.75, 3.05) is 4.72 Å². The zero-order valence-electron chi connectivity index (χ0n) is 9.13. The highest BCUT2D eigenvalue weighted by molar-refractivity contribution is 9.11. The molecule has 0 aliphatic rings. The smallest absolute Gasteiger partial charge is 0.271 e. The molecule has 0 saturated heterocycles. The van der Waals surface area contributed by atoms with Crippen molar-refractivity contribution in [3.63, 3.8) is 0 Å². The molecule has 0 saturated carbocycles. The van der Waals surface area contributed by atoms with Crippen LogP contribution in [-0.2, 0) is 16.6 Å². The number of thiophene rings is 1. The summed E-state index contributed by atoms with van der Waals surface area (Å²) >= 11 is 4.38. The normalized spacial score (nSPS) is 11.4. The average Bonchev–Trinajstić information content (AvgIpc) is 2.77. The number of sulfonamides is 1. The molecule has 0 unspecified atom stereocenters. The number of benzene rings is 1. The Balaban J connectivity index is 2.22. The first-order valence-corrected chi connectivity index (χ1v) is 8.08. The molecule has 1 heterocycles. The van der Waals surface area contributed by atoms with Crippen LogP contribution in [0.15, 0.2) is 44.4 Å². The Morgan fingerprint density at radius 2 is 1.83 bits per heavy atom. The van der Waals surface area contributed by atoms with Gasteiger partial charge in [-0.1, -0.05) is 12.1 Å². The highest BCUT2D eigenvalue weighted by atomic mass is 79.9. The van der Waals surface area contributed by atoms with Crippen molar-refractivity contribution >= 4 is 43.0 Å². The molecule has 0 aliphatic heterocycles. The topological polar surface area (TPSA) is 66.4 Å². The summed E-state index contributed by atoms with van der Waals surface area (Å²) in [6.07, 6.45) is 0. The molecule has 2 rings (SSSR count). The summed E-state index contributed by atoms with van der Waals surface area (Å²) in [5.74, 6) is 0. The van der Waals surface area contributed by atoms with Gasteiger partial charge in [-0.25, -0.2) is 8.42 Å². The predicted octanol–water partition coefficient (Wildman–Crippen LogP) is 2.80. The quantitative estimate of drug-likeness (QED) is 0.893. The molecule has 4 nitrogen and oxygen atoms in total. The zero-order chi connectivity index (χ0) is 13.2. The van der Waals surface area contributed by atoms with Gasteiger partial charge < -0.3 is 5.11 Å². The molecule has 7 heteroatoms.